The molecule has 1 aromatic heterocycles. The number of aromatic nitrogens is 1. The van der Waals surface area contributed by atoms with Gasteiger partial charge in [0, 0.05) is 12.4 Å². The number of benzene rings is 1. The Labute approximate surface area is 134 Å². The van der Waals surface area contributed by atoms with Crippen molar-refractivity contribution < 1.29 is 13.9 Å². The van der Waals surface area contributed by atoms with Crippen molar-refractivity contribution in [3.05, 3.63) is 59.7 Å². The van der Waals surface area contributed by atoms with Gasteiger partial charge in [-0.15, -0.1) is 0 Å². The van der Waals surface area contributed by atoms with E-state index in [1.54, 1.807) is 23.4 Å². The largest absolute Gasteiger partial charge is 0.443 e. The molecule has 0 spiro atoms. The summed E-state index contributed by atoms with van der Waals surface area (Å²) in [5, 5.41) is 0. The van der Waals surface area contributed by atoms with Gasteiger partial charge in [-0.05, 0) is 62.6 Å². The SMILES string of the molecule is CC(C)(C)OC(=O)N1c2ccc(F)cc2CC1c1cccnc1. The third-order valence-electron chi connectivity index (χ3n) is 3.69. The van der Waals surface area contributed by atoms with Crippen LogP contribution in [-0.4, -0.2) is 16.7 Å². The smallest absolute Gasteiger partial charge is 0.415 e. The molecule has 0 N–H and O–H groups in total. The van der Waals surface area contributed by atoms with Crippen molar-refractivity contribution in [1.29, 1.82) is 0 Å². The second-order valence-corrected chi connectivity index (χ2v) is 6.63. The maximum atomic E-state index is 13.5. The highest BCUT2D eigenvalue weighted by Gasteiger charge is 2.37. The van der Waals surface area contributed by atoms with Gasteiger partial charge >= 0.3 is 6.09 Å². The lowest BCUT2D eigenvalue weighted by Crippen LogP contribution is -2.37. The minimum Gasteiger partial charge on any atom is -0.443 e. The topological polar surface area (TPSA) is 42.4 Å². The van der Waals surface area contributed by atoms with E-state index in [4.69, 9.17) is 4.74 Å². The molecule has 1 unspecified atom stereocenters. The van der Waals surface area contributed by atoms with Gasteiger partial charge in [-0.1, -0.05) is 6.07 Å². The van der Waals surface area contributed by atoms with Crippen LogP contribution in [0.5, 0.6) is 0 Å². The van der Waals surface area contributed by atoms with Gasteiger partial charge in [0.05, 0.1) is 11.7 Å². The number of nitrogens with zero attached hydrogens (tertiary/aromatic N) is 2. The second-order valence-electron chi connectivity index (χ2n) is 6.63. The maximum Gasteiger partial charge on any atom is 0.415 e. The molecule has 0 radical (unpaired) electrons. The van der Waals surface area contributed by atoms with Crippen molar-refractivity contribution in [3.8, 4) is 0 Å². The van der Waals surface area contributed by atoms with Gasteiger partial charge in [-0.3, -0.25) is 9.88 Å². The summed E-state index contributed by atoms with van der Waals surface area (Å²) >= 11 is 0. The summed E-state index contributed by atoms with van der Waals surface area (Å²) in [6.45, 7) is 5.48. The Morgan fingerprint density at radius 2 is 2.13 bits per heavy atom. The van der Waals surface area contributed by atoms with Crippen LogP contribution >= 0.6 is 0 Å². The fraction of sp³-hybridized carbons (Fsp3) is 0.333. The summed E-state index contributed by atoms with van der Waals surface area (Å²) in [7, 11) is 0. The molecule has 1 aliphatic rings. The summed E-state index contributed by atoms with van der Waals surface area (Å²) in [6, 6.07) is 7.97. The van der Waals surface area contributed by atoms with Gasteiger partial charge in [0.15, 0.2) is 0 Å². The molecule has 3 rings (SSSR count). The van der Waals surface area contributed by atoms with Crippen molar-refractivity contribution >= 4 is 11.8 Å². The maximum absolute atomic E-state index is 13.5. The van der Waals surface area contributed by atoms with E-state index in [0.717, 1.165) is 11.1 Å². The number of pyridine rings is 1. The first-order valence-corrected chi connectivity index (χ1v) is 7.56. The molecule has 0 saturated carbocycles. The number of carbonyl (C=O) groups is 1. The highest BCUT2D eigenvalue weighted by molar-refractivity contribution is 5.91. The Morgan fingerprint density at radius 3 is 2.78 bits per heavy atom. The van der Waals surface area contributed by atoms with Crippen molar-refractivity contribution in [2.24, 2.45) is 0 Å². The highest BCUT2D eigenvalue weighted by Crippen LogP contribution is 2.41. The molecule has 1 atom stereocenters. The van der Waals surface area contributed by atoms with Gasteiger partial charge < -0.3 is 4.74 Å². The van der Waals surface area contributed by atoms with E-state index in [-0.39, 0.29) is 11.9 Å². The van der Waals surface area contributed by atoms with E-state index in [9.17, 15) is 9.18 Å². The third kappa shape index (κ3) is 3.18. The van der Waals surface area contributed by atoms with Crippen LogP contribution in [0.25, 0.3) is 0 Å². The van der Waals surface area contributed by atoms with Crippen LogP contribution < -0.4 is 4.90 Å². The van der Waals surface area contributed by atoms with E-state index < -0.39 is 11.7 Å². The molecular formula is C18H19FN2O2. The third-order valence-corrected chi connectivity index (χ3v) is 3.69. The number of carbonyl (C=O) groups excluding carboxylic acids is 1. The number of halogens is 1. The van der Waals surface area contributed by atoms with Gasteiger partial charge in [-0.2, -0.15) is 0 Å². The zero-order valence-corrected chi connectivity index (χ0v) is 13.4. The molecule has 0 bridgehead atoms. The van der Waals surface area contributed by atoms with Gasteiger partial charge in [0.1, 0.15) is 11.4 Å². The lowest BCUT2D eigenvalue weighted by Gasteiger charge is -2.29. The van der Waals surface area contributed by atoms with E-state index in [0.29, 0.717) is 12.1 Å². The first-order chi connectivity index (χ1) is 10.8. The number of hydrogen-bond acceptors (Lipinski definition) is 3. The van der Waals surface area contributed by atoms with E-state index in [1.807, 2.05) is 32.9 Å². The normalized spacial score (nSPS) is 17.0. The number of hydrogen-bond donors (Lipinski definition) is 0. The number of amides is 1. The van der Waals surface area contributed by atoms with Crippen molar-refractivity contribution in [2.45, 2.75) is 38.8 Å². The van der Waals surface area contributed by atoms with E-state index in [2.05, 4.69) is 4.98 Å². The summed E-state index contributed by atoms with van der Waals surface area (Å²) in [6.07, 6.45) is 3.52. The number of ether oxygens (including phenoxy) is 1. The monoisotopic (exact) mass is 314 g/mol. The van der Waals surface area contributed by atoms with Crippen LogP contribution in [0.4, 0.5) is 14.9 Å². The van der Waals surface area contributed by atoms with Gasteiger partial charge in [0.2, 0.25) is 0 Å². The summed E-state index contributed by atoms with van der Waals surface area (Å²) in [4.78, 5) is 18.4. The molecule has 1 aromatic carbocycles. The lowest BCUT2D eigenvalue weighted by atomic mass is 10.0. The fourth-order valence-electron chi connectivity index (χ4n) is 2.80. The molecule has 120 valence electrons. The molecule has 0 aliphatic carbocycles. The molecule has 1 aliphatic heterocycles. The number of fused-ring (bicyclic) bond motifs is 1. The Bertz CT molecular complexity index is 726. The average Bonchev–Trinajstić information content (AvgIpc) is 2.85. The highest BCUT2D eigenvalue weighted by atomic mass is 19.1. The average molecular weight is 314 g/mol. The number of anilines is 1. The summed E-state index contributed by atoms with van der Waals surface area (Å²) in [5.74, 6) is -0.306. The van der Waals surface area contributed by atoms with Crippen LogP contribution in [0, 0.1) is 5.82 Å². The molecule has 2 heterocycles. The minimum atomic E-state index is -0.598. The molecule has 0 fully saturated rings. The fourth-order valence-corrected chi connectivity index (χ4v) is 2.80. The standard InChI is InChI=1S/C18H19FN2O2/c1-18(2,3)23-17(22)21-15-7-6-14(19)9-13(15)10-16(21)12-5-4-8-20-11-12/h4-9,11,16H,10H2,1-3H3. The van der Waals surface area contributed by atoms with Crippen LogP contribution in [0.15, 0.2) is 42.7 Å². The van der Waals surface area contributed by atoms with Crippen molar-refractivity contribution in [2.75, 3.05) is 4.90 Å². The molecule has 5 heteroatoms. The van der Waals surface area contributed by atoms with Crippen LogP contribution in [0.2, 0.25) is 0 Å². The molecule has 0 saturated heterocycles. The number of rotatable bonds is 1. The minimum absolute atomic E-state index is 0.240. The lowest BCUT2D eigenvalue weighted by molar-refractivity contribution is 0.0569. The van der Waals surface area contributed by atoms with Crippen molar-refractivity contribution in [1.82, 2.24) is 4.98 Å². The zero-order valence-electron chi connectivity index (χ0n) is 13.4. The zero-order chi connectivity index (χ0) is 16.6. The first-order valence-electron chi connectivity index (χ1n) is 7.56. The Balaban J connectivity index is 2.01. The van der Waals surface area contributed by atoms with E-state index in [1.165, 1.54) is 12.1 Å². The molecular weight excluding hydrogens is 295 g/mol. The van der Waals surface area contributed by atoms with E-state index >= 15 is 0 Å². The summed E-state index contributed by atoms with van der Waals surface area (Å²) in [5.41, 5.74) is 1.79. The van der Waals surface area contributed by atoms with Gasteiger partial charge in [-0.25, -0.2) is 9.18 Å². The Morgan fingerprint density at radius 1 is 1.35 bits per heavy atom. The van der Waals surface area contributed by atoms with Gasteiger partial charge in [0.25, 0.3) is 0 Å². The van der Waals surface area contributed by atoms with Crippen LogP contribution in [0.1, 0.15) is 37.9 Å². The van der Waals surface area contributed by atoms with Crippen LogP contribution in [0.3, 0.4) is 0 Å². The molecule has 4 nitrogen and oxygen atoms in total. The van der Waals surface area contributed by atoms with Crippen molar-refractivity contribution in [3.63, 3.8) is 0 Å². The first kappa shape index (κ1) is 15.5. The molecule has 1 amide bonds. The quantitative estimate of drug-likeness (QED) is 0.790. The Hall–Kier alpha value is -2.43. The van der Waals surface area contributed by atoms with Crippen LogP contribution in [-0.2, 0) is 11.2 Å². The predicted octanol–water partition coefficient (Wildman–Crippen LogP) is 4.26. The predicted molar refractivity (Wildman–Crippen MR) is 85.8 cm³/mol. The summed E-state index contributed by atoms with van der Waals surface area (Å²) < 4.78 is 19.1. The Kier molecular flexibility index (Phi) is 3.80. The molecule has 23 heavy (non-hydrogen) atoms. The molecule has 2 aromatic rings. The second kappa shape index (κ2) is 5.65.